The predicted octanol–water partition coefficient (Wildman–Crippen LogP) is 9.32. The standard InChI is InChI=1S/C27H34S.C2H6/c1-18-14-20(3)27(15-19(18)2)22(5)21(4)17-28-23(6)25-13-12-24-10-8-7-9-11-26(24)16-25;1-2/h12-17,22H,6-11H2,1-5H3;1-2H3/b21-17+;. The summed E-state index contributed by atoms with van der Waals surface area (Å²) >= 11 is 1.77. The lowest BCUT2D eigenvalue weighted by atomic mass is 9.89. The van der Waals surface area contributed by atoms with E-state index in [9.17, 15) is 0 Å². The molecule has 2 aromatic carbocycles. The first-order chi connectivity index (χ1) is 14.4. The Bertz CT molecular complexity index is 901. The SMILES string of the molecule is C=C(S/C=C(\C)C(C)c1cc(C)c(C)cc1C)c1ccc2c(c1)CCCCC2.CC. The molecule has 0 amide bonds. The van der Waals surface area contributed by atoms with E-state index in [0.717, 1.165) is 4.91 Å². The van der Waals surface area contributed by atoms with E-state index in [1.165, 1.54) is 71.1 Å². The van der Waals surface area contributed by atoms with Crippen molar-refractivity contribution in [2.24, 2.45) is 0 Å². The summed E-state index contributed by atoms with van der Waals surface area (Å²) in [5, 5.41) is 2.30. The van der Waals surface area contributed by atoms with Gasteiger partial charge in [-0.15, -0.1) is 0 Å². The molecule has 3 rings (SSSR count). The molecule has 0 aromatic heterocycles. The third-order valence-corrected chi connectivity index (χ3v) is 7.35. The van der Waals surface area contributed by atoms with Gasteiger partial charge in [0.15, 0.2) is 0 Å². The molecule has 0 aliphatic heterocycles. The Labute approximate surface area is 189 Å². The Hall–Kier alpha value is -1.73. The fraction of sp³-hybridized carbons (Fsp3) is 0.448. The Morgan fingerprint density at radius 2 is 1.53 bits per heavy atom. The van der Waals surface area contributed by atoms with Crippen LogP contribution >= 0.6 is 11.8 Å². The number of hydrogen-bond donors (Lipinski definition) is 0. The van der Waals surface area contributed by atoms with Gasteiger partial charge in [-0.1, -0.05) is 81.4 Å². The van der Waals surface area contributed by atoms with Crippen molar-refractivity contribution < 1.29 is 0 Å². The van der Waals surface area contributed by atoms with Gasteiger partial charge in [-0.05, 0) is 97.7 Å². The summed E-state index contributed by atoms with van der Waals surface area (Å²) in [6.45, 7) is 19.6. The molecule has 162 valence electrons. The largest absolute Gasteiger partial charge is 0.0981 e. The lowest BCUT2D eigenvalue weighted by Gasteiger charge is -2.18. The minimum absolute atomic E-state index is 0.423. The minimum atomic E-state index is 0.423. The first-order valence-corrected chi connectivity index (χ1v) is 12.5. The van der Waals surface area contributed by atoms with Gasteiger partial charge in [-0.3, -0.25) is 0 Å². The molecule has 0 nitrogen and oxygen atoms in total. The fourth-order valence-electron chi connectivity index (χ4n) is 4.11. The zero-order chi connectivity index (χ0) is 22.3. The molecule has 2 aromatic rings. The summed E-state index contributed by atoms with van der Waals surface area (Å²) in [7, 11) is 0. The summed E-state index contributed by atoms with van der Waals surface area (Å²) in [5.41, 5.74) is 11.3. The molecule has 1 aliphatic rings. The molecular weight excluding hydrogens is 380 g/mol. The summed E-state index contributed by atoms with van der Waals surface area (Å²) < 4.78 is 0. The molecule has 0 N–H and O–H groups in total. The van der Waals surface area contributed by atoms with Crippen LogP contribution in [0.1, 0.15) is 91.8 Å². The number of fused-ring (bicyclic) bond motifs is 1. The fourth-order valence-corrected chi connectivity index (χ4v) is 4.91. The van der Waals surface area contributed by atoms with Gasteiger partial charge in [-0.25, -0.2) is 0 Å². The van der Waals surface area contributed by atoms with Gasteiger partial charge in [0.25, 0.3) is 0 Å². The van der Waals surface area contributed by atoms with Crippen LogP contribution in [0.4, 0.5) is 0 Å². The summed E-state index contributed by atoms with van der Waals surface area (Å²) in [6, 6.07) is 11.7. The van der Waals surface area contributed by atoms with E-state index >= 15 is 0 Å². The first-order valence-electron chi connectivity index (χ1n) is 11.6. The number of rotatable bonds is 5. The van der Waals surface area contributed by atoms with Crippen LogP contribution in [-0.4, -0.2) is 0 Å². The second kappa shape index (κ2) is 11.6. The van der Waals surface area contributed by atoms with Crippen LogP contribution in [0.3, 0.4) is 0 Å². The van der Waals surface area contributed by atoms with E-state index in [2.05, 4.69) is 76.9 Å². The molecule has 1 heteroatoms. The average molecular weight is 421 g/mol. The number of allylic oxidation sites excluding steroid dienone is 1. The van der Waals surface area contributed by atoms with Crippen LogP contribution < -0.4 is 0 Å². The van der Waals surface area contributed by atoms with E-state index in [-0.39, 0.29) is 0 Å². The van der Waals surface area contributed by atoms with Crippen LogP contribution in [-0.2, 0) is 12.8 Å². The minimum Gasteiger partial charge on any atom is -0.0981 e. The number of benzene rings is 2. The summed E-state index contributed by atoms with van der Waals surface area (Å²) in [5.74, 6) is 0.423. The zero-order valence-corrected chi connectivity index (χ0v) is 21.0. The van der Waals surface area contributed by atoms with Gasteiger partial charge < -0.3 is 0 Å². The Morgan fingerprint density at radius 3 is 2.23 bits per heavy atom. The van der Waals surface area contributed by atoms with Crippen molar-refractivity contribution >= 4 is 16.7 Å². The Kier molecular flexibility index (Phi) is 9.49. The molecule has 0 saturated heterocycles. The van der Waals surface area contributed by atoms with E-state index in [0.29, 0.717) is 5.92 Å². The van der Waals surface area contributed by atoms with Gasteiger partial charge in [-0.2, -0.15) is 0 Å². The zero-order valence-electron chi connectivity index (χ0n) is 20.2. The first kappa shape index (κ1) is 24.5. The lowest BCUT2D eigenvalue weighted by Crippen LogP contribution is -2.00. The Balaban J connectivity index is 0.00000155. The third kappa shape index (κ3) is 6.14. The highest BCUT2D eigenvalue weighted by molar-refractivity contribution is 8.10. The maximum atomic E-state index is 4.36. The Morgan fingerprint density at radius 1 is 0.900 bits per heavy atom. The van der Waals surface area contributed by atoms with Gasteiger partial charge in [0.05, 0.1) is 0 Å². The molecule has 1 unspecified atom stereocenters. The molecule has 0 saturated carbocycles. The van der Waals surface area contributed by atoms with Crippen LogP contribution in [0.5, 0.6) is 0 Å². The highest BCUT2D eigenvalue weighted by Gasteiger charge is 2.13. The smallest absolute Gasteiger partial charge is 0.0116 e. The summed E-state index contributed by atoms with van der Waals surface area (Å²) in [4.78, 5) is 1.15. The number of thioether (sulfide) groups is 1. The second-order valence-corrected chi connectivity index (χ2v) is 9.43. The average Bonchev–Trinajstić information content (AvgIpc) is 3.00. The van der Waals surface area contributed by atoms with E-state index in [1.807, 2.05) is 13.8 Å². The number of hydrogen-bond acceptors (Lipinski definition) is 1. The van der Waals surface area contributed by atoms with Crippen molar-refractivity contribution in [1.82, 2.24) is 0 Å². The molecule has 0 bridgehead atoms. The molecule has 0 radical (unpaired) electrons. The van der Waals surface area contributed by atoms with Crippen LogP contribution in [0.2, 0.25) is 0 Å². The molecule has 1 atom stereocenters. The maximum absolute atomic E-state index is 4.36. The van der Waals surface area contributed by atoms with Crippen molar-refractivity contribution in [1.29, 1.82) is 0 Å². The highest BCUT2D eigenvalue weighted by Crippen LogP contribution is 2.34. The maximum Gasteiger partial charge on any atom is 0.0116 e. The van der Waals surface area contributed by atoms with Crippen LogP contribution in [0.15, 0.2) is 47.9 Å². The predicted molar refractivity (Wildman–Crippen MR) is 138 cm³/mol. The molecule has 1 aliphatic carbocycles. The van der Waals surface area contributed by atoms with Crippen molar-refractivity contribution in [3.05, 3.63) is 86.8 Å². The summed E-state index contributed by atoms with van der Waals surface area (Å²) in [6.07, 6.45) is 6.47. The van der Waals surface area contributed by atoms with Gasteiger partial charge in [0.1, 0.15) is 0 Å². The van der Waals surface area contributed by atoms with Crippen molar-refractivity contribution in [3.8, 4) is 0 Å². The molecule has 0 heterocycles. The van der Waals surface area contributed by atoms with E-state index in [4.69, 9.17) is 0 Å². The van der Waals surface area contributed by atoms with Crippen molar-refractivity contribution in [3.63, 3.8) is 0 Å². The second-order valence-electron chi connectivity index (χ2n) is 8.46. The topological polar surface area (TPSA) is 0 Å². The quantitative estimate of drug-likeness (QED) is 0.434. The van der Waals surface area contributed by atoms with Crippen LogP contribution in [0.25, 0.3) is 4.91 Å². The van der Waals surface area contributed by atoms with Crippen LogP contribution in [0, 0.1) is 20.8 Å². The molecule has 0 spiro atoms. The number of aryl methyl sites for hydroxylation is 5. The highest BCUT2D eigenvalue weighted by atomic mass is 32.2. The van der Waals surface area contributed by atoms with Crippen molar-refractivity contribution in [2.75, 3.05) is 0 Å². The van der Waals surface area contributed by atoms with E-state index < -0.39 is 0 Å². The third-order valence-electron chi connectivity index (χ3n) is 6.34. The lowest BCUT2D eigenvalue weighted by molar-refractivity contribution is 0.711. The molecule has 0 fully saturated rings. The normalized spacial score (nSPS) is 14.8. The molecular formula is C29H40S. The van der Waals surface area contributed by atoms with Gasteiger partial charge in [0.2, 0.25) is 0 Å². The van der Waals surface area contributed by atoms with E-state index in [1.54, 1.807) is 17.3 Å². The van der Waals surface area contributed by atoms with Gasteiger partial charge in [0, 0.05) is 10.8 Å². The molecule has 30 heavy (non-hydrogen) atoms. The van der Waals surface area contributed by atoms with Gasteiger partial charge >= 0.3 is 0 Å². The monoisotopic (exact) mass is 420 g/mol. The van der Waals surface area contributed by atoms with Crippen molar-refractivity contribution in [2.45, 2.75) is 86.5 Å².